The summed E-state index contributed by atoms with van der Waals surface area (Å²) in [4.78, 5) is 96.3. The molecule has 51 heavy (non-hydrogen) atoms. The first-order chi connectivity index (χ1) is 23.8. The molecule has 0 aliphatic carbocycles. The highest BCUT2D eigenvalue weighted by atomic mass is 32.2. The highest BCUT2D eigenvalue weighted by molar-refractivity contribution is 8.14. The molecule has 2 aliphatic rings. The number of thioether (sulfide) groups is 1. The van der Waals surface area contributed by atoms with Crippen molar-refractivity contribution in [2.24, 2.45) is 5.16 Å². The Kier molecular flexibility index (Phi) is 16.5. The van der Waals surface area contributed by atoms with Crippen molar-refractivity contribution in [3.63, 3.8) is 0 Å². The van der Waals surface area contributed by atoms with Gasteiger partial charge in [-0.1, -0.05) is 16.9 Å². The van der Waals surface area contributed by atoms with Gasteiger partial charge in [0.05, 0.1) is 0 Å². The molecule has 20 nitrogen and oxygen atoms in total. The Morgan fingerprint density at radius 1 is 0.490 bits per heavy atom. The summed E-state index contributed by atoms with van der Waals surface area (Å²) in [6.45, 7) is 7.44. The number of carbonyl (C=O) groups is 8. The van der Waals surface area contributed by atoms with Gasteiger partial charge in [-0.15, -0.1) is 0 Å². The molecule has 10 atom stereocenters. The summed E-state index contributed by atoms with van der Waals surface area (Å²) in [5.41, 5.74) is -1.43. The molecule has 2 heterocycles. The van der Waals surface area contributed by atoms with E-state index < -0.39 is 128 Å². The number of esters is 8. The lowest BCUT2D eigenvalue weighted by Crippen LogP contribution is -2.63. The van der Waals surface area contributed by atoms with Crippen molar-refractivity contribution in [2.45, 2.75) is 122 Å². The van der Waals surface area contributed by atoms with Crippen molar-refractivity contribution in [2.75, 3.05) is 13.2 Å². The van der Waals surface area contributed by atoms with E-state index in [1.165, 1.54) is 0 Å². The number of hydrogen-bond donors (Lipinski definition) is 1. The lowest BCUT2D eigenvalue weighted by Gasteiger charge is -2.45. The second-order valence-corrected chi connectivity index (χ2v) is 12.3. The maximum Gasteiger partial charge on any atom is 0.303 e. The molecule has 21 heteroatoms. The van der Waals surface area contributed by atoms with Crippen LogP contribution in [0.1, 0.15) is 61.8 Å². The van der Waals surface area contributed by atoms with E-state index in [0.717, 1.165) is 55.4 Å². The molecule has 0 saturated carbocycles. The zero-order valence-electron chi connectivity index (χ0n) is 29.0. The first-order valence-corrected chi connectivity index (χ1v) is 16.2. The van der Waals surface area contributed by atoms with E-state index in [1.54, 1.807) is 0 Å². The van der Waals surface area contributed by atoms with Gasteiger partial charge in [0, 0.05) is 61.8 Å². The van der Waals surface area contributed by atoms with Gasteiger partial charge in [-0.05, 0) is 0 Å². The molecule has 2 fully saturated rings. The molecule has 0 aromatic carbocycles. The molecule has 0 unspecified atom stereocenters. The number of rotatable bonds is 13. The molecule has 2 rings (SSSR count). The number of ether oxygens (including phenoxy) is 10. The average molecular weight is 752 g/mol. The van der Waals surface area contributed by atoms with Gasteiger partial charge in [0.2, 0.25) is 0 Å². The van der Waals surface area contributed by atoms with Gasteiger partial charge in [0.1, 0.15) is 42.0 Å². The van der Waals surface area contributed by atoms with Crippen LogP contribution in [0.4, 0.5) is 0 Å². The maximum absolute atomic E-state index is 12.2. The van der Waals surface area contributed by atoms with E-state index >= 15 is 0 Å². The molecule has 0 spiro atoms. The number of hydrogen-bond acceptors (Lipinski definition) is 21. The van der Waals surface area contributed by atoms with Gasteiger partial charge in [-0.25, -0.2) is 0 Å². The van der Waals surface area contributed by atoms with Gasteiger partial charge in [-0.3, -0.25) is 38.4 Å². The van der Waals surface area contributed by atoms with Crippen molar-refractivity contribution >= 4 is 64.6 Å². The SMILES string of the molecule is CC(=O)OC[C@H]1O[C@H](C/C(=N/O)S[C@@H]2O[C@H](COC(C)=O)[C@@H](OC(C)=O)[C@H](OC(C)=O)[C@H]2OC(C)=O)[C@H](OC(C)=O)[C@@H](OC(C)=O)[C@H]1OC(C)=O. The molecule has 0 bridgehead atoms. The Morgan fingerprint density at radius 3 is 1.20 bits per heavy atom. The van der Waals surface area contributed by atoms with Gasteiger partial charge >= 0.3 is 47.8 Å². The predicted molar refractivity (Wildman–Crippen MR) is 165 cm³/mol. The zero-order valence-corrected chi connectivity index (χ0v) is 29.9. The standard InChI is InChI=1S/C30H41NO19S/c1-12(32)41-10-21-25(44-15(4)35)27(46-17(6)37)24(43-14(3)34)20(49-21)9-23(31-40)51-30-29(48-19(8)39)28(47-18(7)38)26(45-16(5)36)22(50-30)11-42-13(2)33/h20-22,24-30,40H,9-11H2,1-8H3/b31-23-/t20-,21-,22-,24+,25+,26-,27-,28+,29-,30+/m1/s1. The number of carbonyl (C=O) groups excluding carboxylic acids is 8. The summed E-state index contributed by atoms with van der Waals surface area (Å²) in [7, 11) is 0. The smallest absolute Gasteiger partial charge is 0.303 e. The Balaban J connectivity index is 2.60. The highest BCUT2D eigenvalue weighted by Crippen LogP contribution is 2.37. The van der Waals surface area contributed by atoms with Crippen LogP contribution in [0.15, 0.2) is 5.16 Å². The number of nitrogens with zero attached hydrogens (tertiary/aromatic N) is 1. The Bertz CT molecular complexity index is 1260. The Hall–Kier alpha value is -4.50. The third kappa shape index (κ3) is 13.6. The van der Waals surface area contributed by atoms with E-state index in [2.05, 4.69) is 5.16 Å². The van der Waals surface area contributed by atoms with Crippen molar-refractivity contribution in [3.05, 3.63) is 0 Å². The van der Waals surface area contributed by atoms with Crippen LogP contribution in [-0.4, -0.2) is 132 Å². The number of oxime groups is 1. The molecular formula is C30H41NO19S. The Labute approximate surface area is 296 Å². The fourth-order valence-electron chi connectivity index (χ4n) is 5.18. The highest BCUT2D eigenvalue weighted by Gasteiger charge is 2.55. The van der Waals surface area contributed by atoms with Crippen LogP contribution in [0.2, 0.25) is 0 Å². The summed E-state index contributed by atoms with van der Waals surface area (Å²) >= 11 is 0.595. The second kappa shape index (κ2) is 19.8. The summed E-state index contributed by atoms with van der Waals surface area (Å²) < 4.78 is 54.7. The molecule has 2 saturated heterocycles. The summed E-state index contributed by atoms with van der Waals surface area (Å²) in [6.07, 6.45) is -13.5. The minimum Gasteiger partial charge on any atom is -0.463 e. The predicted octanol–water partition coefficient (Wildman–Crippen LogP) is 0.106. The summed E-state index contributed by atoms with van der Waals surface area (Å²) in [5, 5.41) is 13.2. The van der Waals surface area contributed by atoms with Gasteiger partial charge in [0.25, 0.3) is 0 Å². The van der Waals surface area contributed by atoms with Crippen molar-refractivity contribution < 1.29 is 90.9 Å². The van der Waals surface area contributed by atoms with Crippen LogP contribution in [0, 0.1) is 0 Å². The van der Waals surface area contributed by atoms with Crippen molar-refractivity contribution in [3.8, 4) is 0 Å². The van der Waals surface area contributed by atoms with E-state index in [4.69, 9.17) is 47.4 Å². The van der Waals surface area contributed by atoms with Crippen LogP contribution in [0.25, 0.3) is 0 Å². The lowest BCUT2D eigenvalue weighted by atomic mass is 9.92. The third-order valence-corrected chi connectivity index (χ3v) is 7.91. The Morgan fingerprint density at radius 2 is 0.824 bits per heavy atom. The van der Waals surface area contributed by atoms with E-state index in [-0.39, 0.29) is 5.04 Å². The minimum atomic E-state index is -1.54. The first-order valence-electron chi connectivity index (χ1n) is 15.3. The van der Waals surface area contributed by atoms with E-state index in [1.807, 2.05) is 0 Å². The molecule has 286 valence electrons. The molecule has 0 aromatic heterocycles. The average Bonchev–Trinajstić information content (AvgIpc) is 2.99. The molecule has 0 radical (unpaired) electrons. The zero-order chi connectivity index (χ0) is 38.6. The van der Waals surface area contributed by atoms with Crippen LogP contribution in [0.5, 0.6) is 0 Å². The maximum atomic E-state index is 12.2. The molecule has 1 N–H and O–H groups in total. The van der Waals surface area contributed by atoms with Gasteiger partial charge in [0.15, 0.2) is 36.6 Å². The fourth-order valence-corrected chi connectivity index (χ4v) is 6.30. The summed E-state index contributed by atoms with van der Waals surface area (Å²) in [6, 6.07) is 0. The summed E-state index contributed by atoms with van der Waals surface area (Å²) in [5.74, 6) is -6.66. The van der Waals surface area contributed by atoms with Gasteiger partial charge < -0.3 is 52.6 Å². The molecular weight excluding hydrogens is 710 g/mol. The quantitative estimate of drug-likeness (QED) is 0.0653. The molecule has 2 aliphatic heterocycles. The van der Waals surface area contributed by atoms with Crippen molar-refractivity contribution in [1.82, 2.24) is 0 Å². The van der Waals surface area contributed by atoms with E-state index in [9.17, 15) is 43.6 Å². The second-order valence-electron chi connectivity index (χ2n) is 11.1. The molecule has 0 amide bonds. The van der Waals surface area contributed by atoms with E-state index in [0.29, 0.717) is 11.8 Å². The minimum absolute atomic E-state index is 0.267. The van der Waals surface area contributed by atoms with Crippen LogP contribution in [-0.2, 0) is 85.7 Å². The van der Waals surface area contributed by atoms with Gasteiger partial charge in [-0.2, -0.15) is 0 Å². The van der Waals surface area contributed by atoms with Crippen LogP contribution < -0.4 is 0 Å². The largest absolute Gasteiger partial charge is 0.463 e. The van der Waals surface area contributed by atoms with Crippen molar-refractivity contribution in [1.29, 1.82) is 0 Å². The fraction of sp³-hybridized carbons (Fsp3) is 0.700. The third-order valence-electron chi connectivity index (χ3n) is 6.77. The monoisotopic (exact) mass is 751 g/mol. The normalized spacial score (nSPS) is 29.0. The van der Waals surface area contributed by atoms with Crippen LogP contribution >= 0.6 is 11.8 Å². The first kappa shape index (κ1) is 42.7. The molecule has 0 aromatic rings. The topological polar surface area (TPSA) is 261 Å². The lowest BCUT2D eigenvalue weighted by molar-refractivity contribution is -0.251. The van der Waals surface area contributed by atoms with Crippen LogP contribution in [0.3, 0.4) is 0 Å².